The molecule has 0 spiro atoms. The van der Waals surface area contributed by atoms with Crippen LogP contribution in [-0.4, -0.2) is 136 Å². The van der Waals surface area contributed by atoms with E-state index in [1.807, 2.05) is 20.8 Å². The first-order valence-electron chi connectivity index (χ1n) is 22.6. The van der Waals surface area contributed by atoms with Crippen molar-refractivity contribution in [3.63, 3.8) is 0 Å². The van der Waals surface area contributed by atoms with Gasteiger partial charge in [-0.05, 0) is 61.1 Å². The normalized spacial score (nSPS) is 23.7. The lowest BCUT2D eigenvalue weighted by Gasteiger charge is -2.31. The first kappa shape index (κ1) is 55.7. The Labute approximate surface area is 399 Å². The largest absolute Gasteiger partial charge is 0.508 e. The predicted molar refractivity (Wildman–Crippen MR) is 252 cm³/mol. The van der Waals surface area contributed by atoms with Crippen LogP contribution in [0.25, 0.3) is 0 Å². The van der Waals surface area contributed by atoms with E-state index < -0.39 is 120 Å². The molecule has 0 aliphatic carbocycles. The molecule has 2 fully saturated rings. The molecule has 3 rings (SSSR count). The van der Waals surface area contributed by atoms with Crippen molar-refractivity contribution in [3.05, 3.63) is 29.8 Å². The molecular formula is C44H68N10O11S2. The Kier molecular flexibility index (Phi) is 22.7. The SMILES string of the molecule is CC[C@H](C)[C@@H]1NC(=O)[C@H](Cc2ccc(O)cc2)NC(=O)CCSSC[C@@H](C(=O)N2CCC[C@H]2C(=O)N[C@@H](CC(C)C)C(=O)NCC(N)=O)NC(=O)[C@H](CC(N)=O)NC(=O)[C@H](CC(C)C)NC1=O. The highest BCUT2D eigenvalue weighted by Crippen LogP contribution is 2.26. The number of carbonyl (C=O) groups excluding carboxylic acids is 10. The molecule has 0 saturated carbocycles. The number of nitrogens with zero attached hydrogens (tertiary/aromatic N) is 1. The van der Waals surface area contributed by atoms with Crippen molar-refractivity contribution >= 4 is 80.7 Å². The van der Waals surface area contributed by atoms with Gasteiger partial charge in [-0.1, -0.05) is 81.7 Å². The summed E-state index contributed by atoms with van der Waals surface area (Å²) in [5.74, 6) is -7.98. The smallest absolute Gasteiger partial charge is 0.246 e. The third-order valence-electron chi connectivity index (χ3n) is 11.2. The highest BCUT2D eigenvalue weighted by atomic mass is 33.1. The number of likely N-dealkylation sites (tertiary alicyclic amines) is 1. The van der Waals surface area contributed by atoms with Crippen molar-refractivity contribution in [2.24, 2.45) is 29.2 Å². The average molecular weight is 977 g/mol. The molecule has 10 amide bonds. The van der Waals surface area contributed by atoms with E-state index in [1.165, 1.54) is 27.8 Å². The van der Waals surface area contributed by atoms with Crippen LogP contribution in [0, 0.1) is 17.8 Å². The Hall–Kier alpha value is -5.58. The molecule has 0 radical (unpaired) electrons. The highest BCUT2D eigenvalue weighted by Gasteiger charge is 2.41. The molecule has 67 heavy (non-hydrogen) atoms. The Morgan fingerprint density at radius 1 is 0.806 bits per heavy atom. The third-order valence-corrected chi connectivity index (χ3v) is 13.6. The Bertz CT molecular complexity index is 1940. The molecule has 2 aliphatic heterocycles. The quantitative estimate of drug-likeness (QED) is 0.0912. The van der Waals surface area contributed by atoms with E-state index in [0.717, 1.165) is 10.8 Å². The van der Waals surface area contributed by atoms with Gasteiger partial charge in [-0.3, -0.25) is 47.9 Å². The van der Waals surface area contributed by atoms with Gasteiger partial charge in [0.05, 0.1) is 13.0 Å². The first-order chi connectivity index (χ1) is 31.6. The van der Waals surface area contributed by atoms with E-state index in [9.17, 15) is 53.1 Å². The number of nitrogens with two attached hydrogens (primary N) is 2. The summed E-state index contributed by atoms with van der Waals surface area (Å²) in [6.07, 6.45) is 0.573. The van der Waals surface area contributed by atoms with Gasteiger partial charge in [-0.2, -0.15) is 0 Å². The van der Waals surface area contributed by atoms with E-state index >= 15 is 0 Å². The molecule has 21 nitrogen and oxygen atoms in total. The summed E-state index contributed by atoms with van der Waals surface area (Å²) in [7, 11) is 2.32. The number of primary amides is 2. The van der Waals surface area contributed by atoms with Gasteiger partial charge >= 0.3 is 0 Å². The molecule has 8 atom stereocenters. The zero-order valence-electron chi connectivity index (χ0n) is 39.0. The van der Waals surface area contributed by atoms with Crippen LogP contribution in [0.3, 0.4) is 0 Å². The third kappa shape index (κ3) is 18.6. The second-order valence-electron chi connectivity index (χ2n) is 17.8. The van der Waals surface area contributed by atoms with E-state index in [-0.39, 0.29) is 67.7 Å². The number of amides is 10. The Morgan fingerprint density at radius 2 is 1.45 bits per heavy atom. The molecule has 2 aliphatic rings. The van der Waals surface area contributed by atoms with Crippen LogP contribution >= 0.6 is 21.6 Å². The van der Waals surface area contributed by atoms with Gasteiger partial charge in [-0.15, -0.1) is 0 Å². The van der Waals surface area contributed by atoms with Crippen LogP contribution < -0.4 is 48.7 Å². The summed E-state index contributed by atoms with van der Waals surface area (Å²) in [5.41, 5.74) is 11.4. The lowest BCUT2D eigenvalue weighted by molar-refractivity contribution is -0.142. The Balaban J connectivity index is 2.01. The summed E-state index contributed by atoms with van der Waals surface area (Å²) in [6.45, 7) is 10.5. The highest BCUT2D eigenvalue weighted by molar-refractivity contribution is 8.76. The van der Waals surface area contributed by atoms with Crippen molar-refractivity contribution in [2.45, 2.75) is 135 Å². The molecule has 372 valence electrons. The van der Waals surface area contributed by atoms with Gasteiger partial charge < -0.3 is 58.7 Å². The zero-order chi connectivity index (χ0) is 50.0. The van der Waals surface area contributed by atoms with Crippen LogP contribution in [0.15, 0.2) is 24.3 Å². The van der Waals surface area contributed by atoms with E-state index in [1.54, 1.807) is 32.9 Å². The van der Waals surface area contributed by atoms with Crippen molar-refractivity contribution in [1.29, 1.82) is 0 Å². The fourth-order valence-corrected chi connectivity index (χ4v) is 9.62. The summed E-state index contributed by atoms with van der Waals surface area (Å²) < 4.78 is 0. The molecule has 1 aromatic carbocycles. The number of hydrogen-bond donors (Lipinski definition) is 10. The molecule has 0 bridgehead atoms. The number of phenols is 1. The maximum absolute atomic E-state index is 14.5. The monoisotopic (exact) mass is 976 g/mol. The number of nitrogens with one attached hydrogen (secondary N) is 7. The second-order valence-corrected chi connectivity index (χ2v) is 20.4. The minimum Gasteiger partial charge on any atom is -0.508 e. The van der Waals surface area contributed by atoms with Crippen molar-refractivity contribution < 1.29 is 53.1 Å². The first-order valence-corrected chi connectivity index (χ1v) is 25.1. The molecule has 23 heteroatoms. The van der Waals surface area contributed by atoms with Gasteiger partial charge in [0.15, 0.2) is 0 Å². The minimum atomic E-state index is -1.61. The van der Waals surface area contributed by atoms with Crippen molar-refractivity contribution in [1.82, 2.24) is 42.1 Å². The van der Waals surface area contributed by atoms with Crippen LogP contribution in [0.1, 0.15) is 92.1 Å². The van der Waals surface area contributed by atoms with E-state index in [0.29, 0.717) is 18.4 Å². The summed E-state index contributed by atoms with van der Waals surface area (Å²) in [5, 5.41) is 28.4. The molecule has 1 aromatic rings. The van der Waals surface area contributed by atoms with Gasteiger partial charge in [0.1, 0.15) is 48.0 Å². The minimum absolute atomic E-state index is 0.00236. The van der Waals surface area contributed by atoms with Crippen molar-refractivity contribution in [2.75, 3.05) is 24.6 Å². The van der Waals surface area contributed by atoms with Gasteiger partial charge in [-0.25, -0.2) is 0 Å². The lowest BCUT2D eigenvalue weighted by Crippen LogP contribution is -2.61. The molecule has 2 heterocycles. The second kappa shape index (κ2) is 27.3. The molecule has 0 aromatic heterocycles. The van der Waals surface area contributed by atoms with Crippen LogP contribution in [-0.2, 0) is 54.4 Å². The zero-order valence-corrected chi connectivity index (χ0v) is 40.6. The number of hydrogen-bond acceptors (Lipinski definition) is 13. The number of phenolic OH excluding ortho intramolecular Hbond substituents is 1. The molecular weight excluding hydrogens is 909 g/mol. The summed E-state index contributed by atoms with van der Waals surface area (Å²) >= 11 is 0. The number of aromatic hydroxyl groups is 1. The molecule has 12 N–H and O–H groups in total. The number of benzene rings is 1. The van der Waals surface area contributed by atoms with Gasteiger partial charge in [0.25, 0.3) is 0 Å². The van der Waals surface area contributed by atoms with Gasteiger partial charge in [0, 0.05) is 30.9 Å². The van der Waals surface area contributed by atoms with E-state index in [4.69, 9.17) is 11.5 Å². The van der Waals surface area contributed by atoms with Crippen LogP contribution in [0.2, 0.25) is 0 Å². The maximum Gasteiger partial charge on any atom is 0.246 e. The number of rotatable bonds is 16. The molecule has 2 saturated heterocycles. The van der Waals surface area contributed by atoms with Crippen LogP contribution in [0.5, 0.6) is 5.75 Å². The standard InChI is InChI=1S/C44H68N10O11S2/c1-7-25(6)37-43(64)51-29(18-24(4)5)39(60)49-31(20-34(45)56)40(61)52-32(22-67-66-16-14-36(58)48-30(41(62)53-37)19-26-10-12-27(55)13-11-26)44(65)54-15-8-9-33(54)42(63)50-28(17-23(2)3)38(59)47-21-35(46)57/h10-13,23-25,28-33,37,55H,7-9,14-22H2,1-6H3,(H2,45,56)(H2,46,57)(H,47,59)(H,48,58)(H,49,60)(H,50,63)(H,51,64)(H,52,61)(H,53,62)/t25-,28-,29-,30-,31-,32-,33-,37-/m0/s1. The van der Waals surface area contributed by atoms with E-state index in [2.05, 4.69) is 37.2 Å². The summed E-state index contributed by atoms with van der Waals surface area (Å²) in [6, 6.07) is -2.60. The Morgan fingerprint density at radius 3 is 2.06 bits per heavy atom. The fraction of sp³-hybridized carbons (Fsp3) is 0.636. The maximum atomic E-state index is 14.5. The van der Waals surface area contributed by atoms with Gasteiger partial charge in [0.2, 0.25) is 59.1 Å². The lowest BCUT2D eigenvalue weighted by atomic mass is 9.95. The summed E-state index contributed by atoms with van der Waals surface area (Å²) in [4.78, 5) is 136. The van der Waals surface area contributed by atoms with Crippen LogP contribution in [0.4, 0.5) is 0 Å². The van der Waals surface area contributed by atoms with Crippen molar-refractivity contribution in [3.8, 4) is 5.75 Å². The molecule has 0 unspecified atom stereocenters. The average Bonchev–Trinajstić information content (AvgIpc) is 3.75. The predicted octanol–water partition coefficient (Wildman–Crippen LogP) is -0.765. The fourth-order valence-electron chi connectivity index (χ4n) is 7.47. The number of carbonyl (C=O) groups is 10. The topological polar surface area (TPSA) is 330 Å².